The number of nitrogens with one attached hydrogen (secondary N) is 1. The molecule has 7 heteroatoms. The summed E-state index contributed by atoms with van der Waals surface area (Å²) in [6.07, 6.45) is 1.67. The predicted molar refractivity (Wildman–Crippen MR) is 127 cm³/mol. The maximum absolute atomic E-state index is 10.7. The minimum atomic E-state index is -0.436. The second-order valence-corrected chi connectivity index (χ2v) is 7.69. The number of hydrazone groups is 1. The molecule has 0 amide bonds. The van der Waals surface area contributed by atoms with E-state index in [1.54, 1.807) is 18.3 Å². The standard InChI is InChI=1S/C24H18BrN3O3/c25-23-14-17(15-26-27-21-8-10-22(11-9-21)28(29)30)6-12-24(23)31-16-18-5-7-19-3-1-2-4-20(19)13-18/h1-15,27H,16H2/b26-15+. The second-order valence-electron chi connectivity index (χ2n) is 6.83. The normalized spacial score (nSPS) is 11.0. The maximum Gasteiger partial charge on any atom is 0.269 e. The number of halogens is 1. The second kappa shape index (κ2) is 9.40. The van der Waals surface area contributed by atoms with Crippen molar-refractivity contribution >= 4 is 44.3 Å². The van der Waals surface area contributed by atoms with Gasteiger partial charge in [0.15, 0.2) is 0 Å². The molecule has 0 radical (unpaired) electrons. The molecule has 0 spiro atoms. The molecule has 0 aliphatic carbocycles. The van der Waals surface area contributed by atoms with Crippen LogP contribution in [0.1, 0.15) is 11.1 Å². The van der Waals surface area contributed by atoms with Crippen LogP contribution in [0.15, 0.2) is 94.5 Å². The van der Waals surface area contributed by atoms with Crippen LogP contribution in [-0.2, 0) is 6.61 Å². The molecule has 0 saturated heterocycles. The highest BCUT2D eigenvalue weighted by Gasteiger charge is 2.05. The number of hydrogen-bond acceptors (Lipinski definition) is 5. The molecule has 0 atom stereocenters. The third-order valence-electron chi connectivity index (χ3n) is 4.65. The molecular formula is C24H18BrN3O3. The molecule has 4 aromatic carbocycles. The molecule has 0 aliphatic heterocycles. The summed E-state index contributed by atoms with van der Waals surface area (Å²) in [7, 11) is 0. The van der Waals surface area contributed by atoms with Gasteiger partial charge < -0.3 is 4.74 Å². The van der Waals surface area contributed by atoms with Crippen LogP contribution in [0.3, 0.4) is 0 Å². The molecular weight excluding hydrogens is 458 g/mol. The van der Waals surface area contributed by atoms with E-state index in [0.717, 1.165) is 21.3 Å². The van der Waals surface area contributed by atoms with Crippen molar-refractivity contribution in [2.75, 3.05) is 5.43 Å². The van der Waals surface area contributed by atoms with Gasteiger partial charge in [-0.2, -0.15) is 5.10 Å². The third-order valence-corrected chi connectivity index (χ3v) is 5.27. The smallest absolute Gasteiger partial charge is 0.269 e. The minimum Gasteiger partial charge on any atom is -0.488 e. The minimum absolute atomic E-state index is 0.0396. The summed E-state index contributed by atoms with van der Waals surface area (Å²) in [6.45, 7) is 0.471. The molecule has 6 nitrogen and oxygen atoms in total. The largest absolute Gasteiger partial charge is 0.488 e. The van der Waals surface area contributed by atoms with Gasteiger partial charge in [-0.3, -0.25) is 15.5 Å². The summed E-state index contributed by atoms with van der Waals surface area (Å²) in [5.41, 5.74) is 5.53. The highest BCUT2D eigenvalue weighted by atomic mass is 79.9. The van der Waals surface area contributed by atoms with Gasteiger partial charge in [-0.1, -0.05) is 36.4 Å². The molecule has 0 aromatic heterocycles. The van der Waals surface area contributed by atoms with E-state index in [9.17, 15) is 10.1 Å². The molecule has 4 aromatic rings. The summed E-state index contributed by atoms with van der Waals surface area (Å²) < 4.78 is 6.80. The first-order valence-corrected chi connectivity index (χ1v) is 10.3. The van der Waals surface area contributed by atoms with Crippen LogP contribution < -0.4 is 10.2 Å². The summed E-state index contributed by atoms with van der Waals surface area (Å²) in [6, 6.07) is 26.3. The first kappa shape index (κ1) is 20.6. The first-order chi connectivity index (χ1) is 15.1. The Hall–Kier alpha value is -3.71. The number of fused-ring (bicyclic) bond motifs is 1. The van der Waals surface area contributed by atoms with E-state index in [1.165, 1.54) is 22.9 Å². The van der Waals surface area contributed by atoms with E-state index < -0.39 is 4.92 Å². The average molecular weight is 476 g/mol. The molecule has 0 fully saturated rings. The fourth-order valence-electron chi connectivity index (χ4n) is 3.04. The van der Waals surface area contributed by atoms with Crippen LogP contribution in [0.4, 0.5) is 11.4 Å². The van der Waals surface area contributed by atoms with Crippen molar-refractivity contribution < 1.29 is 9.66 Å². The summed E-state index contributed by atoms with van der Waals surface area (Å²) in [5, 5.41) is 17.3. The summed E-state index contributed by atoms with van der Waals surface area (Å²) in [4.78, 5) is 10.3. The quantitative estimate of drug-likeness (QED) is 0.187. The summed E-state index contributed by atoms with van der Waals surface area (Å²) >= 11 is 3.55. The number of nitro benzene ring substituents is 1. The Morgan fingerprint density at radius 2 is 1.74 bits per heavy atom. The molecule has 0 aliphatic rings. The Balaban J connectivity index is 1.36. The lowest BCUT2D eigenvalue weighted by Gasteiger charge is -2.10. The Kier molecular flexibility index (Phi) is 6.24. The van der Waals surface area contributed by atoms with Crippen molar-refractivity contribution in [1.29, 1.82) is 0 Å². The summed E-state index contributed by atoms with van der Waals surface area (Å²) in [5.74, 6) is 0.744. The molecule has 0 bridgehead atoms. The zero-order valence-electron chi connectivity index (χ0n) is 16.4. The first-order valence-electron chi connectivity index (χ1n) is 9.52. The fourth-order valence-corrected chi connectivity index (χ4v) is 3.55. The lowest BCUT2D eigenvalue weighted by atomic mass is 10.1. The van der Waals surface area contributed by atoms with Gasteiger partial charge in [0.25, 0.3) is 5.69 Å². The molecule has 0 saturated carbocycles. The van der Waals surface area contributed by atoms with Gasteiger partial charge in [-0.15, -0.1) is 0 Å². The van der Waals surface area contributed by atoms with Gasteiger partial charge >= 0.3 is 0 Å². The molecule has 1 N–H and O–H groups in total. The van der Waals surface area contributed by atoms with Crippen molar-refractivity contribution in [1.82, 2.24) is 0 Å². The van der Waals surface area contributed by atoms with E-state index in [0.29, 0.717) is 12.3 Å². The lowest BCUT2D eigenvalue weighted by Crippen LogP contribution is -1.97. The van der Waals surface area contributed by atoms with E-state index in [4.69, 9.17) is 4.74 Å². The SMILES string of the molecule is O=[N+]([O-])c1ccc(N/N=C/c2ccc(OCc3ccc4ccccc4c3)c(Br)c2)cc1. The number of hydrogen-bond donors (Lipinski definition) is 1. The monoisotopic (exact) mass is 475 g/mol. The number of nitro groups is 1. The van der Waals surface area contributed by atoms with E-state index in [1.807, 2.05) is 30.3 Å². The number of ether oxygens (including phenoxy) is 1. The van der Waals surface area contributed by atoms with Crippen molar-refractivity contribution in [3.63, 3.8) is 0 Å². The van der Waals surface area contributed by atoms with Gasteiger partial charge in [0.1, 0.15) is 12.4 Å². The number of benzene rings is 4. The zero-order valence-corrected chi connectivity index (χ0v) is 18.0. The predicted octanol–water partition coefficient (Wildman–Crippen LogP) is 6.54. The molecule has 154 valence electrons. The molecule has 31 heavy (non-hydrogen) atoms. The van der Waals surface area contributed by atoms with Gasteiger partial charge in [-0.05, 0) is 74.2 Å². The lowest BCUT2D eigenvalue weighted by molar-refractivity contribution is -0.384. The molecule has 4 rings (SSSR count). The van der Waals surface area contributed by atoms with Crippen molar-refractivity contribution in [3.05, 3.63) is 111 Å². The van der Waals surface area contributed by atoms with Gasteiger partial charge in [0.05, 0.1) is 21.3 Å². The highest BCUT2D eigenvalue weighted by molar-refractivity contribution is 9.10. The van der Waals surface area contributed by atoms with E-state index in [2.05, 4.69) is 56.8 Å². The number of non-ortho nitro benzene ring substituents is 1. The van der Waals surface area contributed by atoms with Crippen LogP contribution in [-0.4, -0.2) is 11.1 Å². The van der Waals surface area contributed by atoms with Crippen LogP contribution in [0, 0.1) is 10.1 Å². The maximum atomic E-state index is 10.7. The Morgan fingerprint density at radius 3 is 2.48 bits per heavy atom. The van der Waals surface area contributed by atoms with Crippen LogP contribution in [0.2, 0.25) is 0 Å². The van der Waals surface area contributed by atoms with Crippen LogP contribution in [0.25, 0.3) is 10.8 Å². The van der Waals surface area contributed by atoms with Gasteiger partial charge in [0, 0.05) is 12.1 Å². The highest BCUT2D eigenvalue weighted by Crippen LogP contribution is 2.27. The molecule has 0 heterocycles. The Morgan fingerprint density at radius 1 is 0.968 bits per heavy atom. The van der Waals surface area contributed by atoms with Gasteiger partial charge in [-0.25, -0.2) is 0 Å². The van der Waals surface area contributed by atoms with Gasteiger partial charge in [0.2, 0.25) is 0 Å². The molecule has 0 unspecified atom stereocenters. The van der Waals surface area contributed by atoms with Crippen molar-refractivity contribution in [3.8, 4) is 5.75 Å². The average Bonchev–Trinajstić information content (AvgIpc) is 2.79. The zero-order chi connectivity index (χ0) is 21.6. The Labute approximate surface area is 187 Å². The number of anilines is 1. The van der Waals surface area contributed by atoms with E-state index in [-0.39, 0.29) is 5.69 Å². The fraction of sp³-hybridized carbons (Fsp3) is 0.0417. The van der Waals surface area contributed by atoms with Crippen molar-refractivity contribution in [2.24, 2.45) is 5.10 Å². The third kappa shape index (κ3) is 5.26. The number of rotatable bonds is 7. The van der Waals surface area contributed by atoms with Crippen LogP contribution >= 0.6 is 15.9 Å². The van der Waals surface area contributed by atoms with Crippen molar-refractivity contribution in [2.45, 2.75) is 6.61 Å². The topological polar surface area (TPSA) is 76.8 Å². The van der Waals surface area contributed by atoms with E-state index >= 15 is 0 Å². The van der Waals surface area contributed by atoms with Crippen LogP contribution in [0.5, 0.6) is 5.75 Å². The number of nitrogens with zero attached hydrogens (tertiary/aromatic N) is 2. The Bertz CT molecular complexity index is 1260.